The molecular formula is C20H21ClN2O4S. The number of methoxy groups -OCH3 is 1. The number of para-hydroxylation sites is 1. The maximum atomic E-state index is 13.1. The van der Waals surface area contributed by atoms with Gasteiger partial charge in [-0.05, 0) is 48.2 Å². The average Bonchev–Trinajstić information content (AvgIpc) is 2.66. The van der Waals surface area contributed by atoms with Gasteiger partial charge in [0.2, 0.25) is 10.0 Å². The molecule has 0 aliphatic rings. The van der Waals surface area contributed by atoms with Crippen molar-refractivity contribution in [1.29, 1.82) is 0 Å². The van der Waals surface area contributed by atoms with Gasteiger partial charge in [0.15, 0.2) is 0 Å². The zero-order chi connectivity index (χ0) is 20.3. The van der Waals surface area contributed by atoms with Crippen LogP contribution in [-0.2, 0) is 21.3 Å². The Labute approximate surface area is 168 Å². The second-order valence-corrected chi connectivity index (χ2v) is 8.82. The van der Waals surface area contributed by atoms with Crippen molar-refractivity contribution in [2.75, 3.05) is 20.3 Å². The summed E-state index contributed by atoms with van der Waals surface area (Å²) >= 11 is 5.87. The molecule has 0 spiro atoms. The quantitative estimate of drug-likeness (QED) is 0.635. The first kappa shape index (κ1) is 20.5. The highest BCUT2D eigenvalue weighted by Crippen LogP contribution is 2.21. The van der Waals surface area contributed by atoms with Gasteiger partial charge in [-0.15, -0.1) is 0 Å². The largest absolute Gasteiger partial charge is 0.383 e. The van der Waals surface area contributed by atoms with Crippen molar-refractivity contribution in [1.82, 2.24) is 9.29 Å². The summed E-state index contributed by atoms with van der Waals surface area (Å²) < 4.78 is 32.5. The van der Waals surface area contributed by atoms with Crippen LogP contribution in [0.5, 0.6) is 0 Å². The molecule has 1 heterocycles. The van der Waals surface area contributed by atoms with E-state index in [1.807, 2.05) is 25.1 Å². The molecule has 8 heteroatoms. The van der Waals surface area contributed by atoms with Crippen molar-refractivity contribution in [3.8, 4) is 0 Å². The van der Waals surface area contributed by atoms with Crippen LogP contribution in [0, 0.1) is 6.92 Å². The lowest BCUT2D eigenvalue weighted by Gasteiger charge is -2.22. The van der Waals surface area contributed by atoms with E-state index in [1.165, 1.54) is 35.7 Å². The van der Waals surface area contributed by atoms with Gasteiger partial charge in [-0.1, -0.05) is 29.8 Å². The fourth-order valence-corrected chi connectivity index (χ4v) is 4.50. The number of benzene rings is 2. The number of fused-ring (bicyclic) bond motifs is 1. The molecule has 0 bridgehead atoms. The minimum Gasteiger partial charge on any atom is -0.383 e. The number of H-pyrrole nitrogens is 1. The molecule has 0 atom stereocenters. The van der Waals surface area contributed by atoms with Crippen molar-refractivity contribution in [3.63, 3.8) is 0 Å². The SMILES string of the molecule is COCCN(Cc1cc2cccc(C)c2[nH]c1=O)S(=O)(=O)c1ccc(Cl)cc1. The number of aromatic amines is 1. The van der Waals surface area contributed by atoms with Crippen molar-refractivity contribution in [3.05, 3.63) is 75.0 Å². The Hall–Kier alpha value is -2.19. The summed E-state index contributed by atoms with van der Waals surface area (Å²) in [6, 6.07) is 13.4. The predicted octanol–water partition coefficient (Wildman–Crippen LogP) is 3.33. The van der Waals surface area contributed by atoms with Gasteiger partial charge in [-0.25, -0.2) is 8.42 Å². The molecule has 0 amide bonds. The molecule has 1 aromatic heterocycles. The van der Waals surface area contributed by atoms with E-state index in [0.717, 1.165) is 16.5 Å². The van der Waals surface area contributed by atoms with Crippen LogP contribution in [0.3, 0.4) is 0 Å². The Morgan fingerprint density at radius 3 is 2.54 bits per heavy atom. The van der Waals surface area contributed by atoms with Crippen molar-refractivity contribution < 1.29 is 13.2 Å². The second kappa shape index (κ2) is 8.45. The van der Waals surface area contributed by atoms with Gasteiger partial charge in [0.05, 0.1) is 17.0 Å². The van der Waals surface area contributed by atoms with Gasteiger partial charge in [0.25, 0.3) is 5.56 Å². The van der Waals surface area contributed by atoms with Crippen LogP contribution >= 0.6 is 11.6 Å². The monoisotopic (exact) mass is 420 g/mol. The van der Waals surface area contributed by atoms with E-state index in [9.17, 15) is 13.2 Å². The number of pyridine rings is 1. The van der Waals surface area contributed by atoms with E-state index in [-0.39, 0.29) is 30.2 Å². The van der Waals surface area contributed by atoms with Gasteiger partial charge < -0.3 is 9.72 Å². The molecule has 0 unspecified atom stereocenters. The summed E-state index contributed by atoms with van der Waals surface area (Å²) in [6.07, 6.45) is 0. The van der Waals surface area contributed by atoms with E-state index in [4.69, 9.17) is 16.3 Å². The molecule has 0 fully saturated rings. The lowest BCUT2D eigenvalue weighted by molar-refractivity contribution is 0.177. The number of nitrogens with zero attached hydrogens (tertiary/aromatic N) is 1. The predicted molar refractivity (Wildman–Crippen MR) is 110 cm³/mol. The first-order valence-electron chi connectivity index (χ1n) is 8.69. The summed E-state index contributed by atoms with van der Waals surface area (Å²) in [4.78, 5) is 15.6. The first-order valence-corrected chi connectivity index (χ1v) is 10.5. The number of aromatic nitrogens is 1. The van der Waals surface area contributed by atoms with Crippen molar-refractivity contribution >= 4 is 32.5 Å². The zero-order valence-electron chi connectivity index (χ0n) is 15.6. The Balaban J connectivity index is 2.01. The summed E-state index contributed by atoms with van der Waals surface area (Å²) in [5.41, 5.74) is 1.76. The zero-order valence-corrected chi connectivity index (χ0v) is 17.2. The van der Waals surface area contributed by atoms with Crippen LogP contribution in [-0.4, -0.2) is 38.0 Å². The molecule has 28 heavy (non-hydrogen) atoms. The number of rotatable bonds is 7. The minimum atomic E-state index is -3.82. The Morgan fingerprint density at radius 1 is 1.14 bits per heavy atom. The summed E-state index contributed by atoms with van der Waals surface area (Å²) in [7, 11) is -2.33. The summed E-state index contributed by atoms with van der Waals surface area (Å²) in [5.74, 6) is 0. The minimum absolute atomic E-state index is 0.0620. The standard InChI is InChI=1S/C20H21ClN2O4S/c1-14-4-3-5-15-12-16(20(24)22-19(14)15)13-23(10-11-27-2)28(25,26)18-8-6-17(21)7-9-18/h3-9,12H,10-11,13H2,1-2H3,(H,22,24). The van der Waals surface area contributed by atoms with Gasteiger partial charge in [0, 0.05) is 30.8 Å². The summed E-state index contributed by atoms with van der Waals surface area (Å²) in [6.45, 7) is 2.17. The third kappa shape index (κ3) is 4.28. The van der Waals surface area contributed by atoms with Crippen LogP contribution in [0.1, 0.15) is 11.1 Å². The van der Waals surface area contributed by atoms with Gasteiger partial charge in [-0.2, -0.15) is 4.31 Å². The number of aryl methyl sites for hydroxylation is 1. The normalized spacial score (nSPS) is 12.0. The maximum Gasteiger partial charge on any atom is 0.252 e. The van der Waals surface area contributed by atoms with Gasteiger partial charge in [0.1, 0.15) is 0 Å². The lowest BCUT2D eigenvalue weighted by atomic mass is 10.1. The lowest BCUT2D eigenvalue weighted by Crippen LogP contribution is -2.35. The highest BCUT2D eigenvalue weighted by molar-refractivity contribution is 7.89. The van der Waals surface area contributed by atoms with E-state index in [0.29, 0.717) is 10.6 Å². The molecule has 6 nitrogen and oxygen atoms in total. The van der Waals surface area contributed by atoms with E-state index in [2.05, 4.69) is 4.98 Å². The molecule has 0 aliphatic heterocycles. The number of nitrogens with one attached hydrogen (secondary N) is 1. The average molecular weight is 421 g/mol. The smallest absolute Gasteiger partial charge is 0.252 e. The van der Waals surface area contributed by atoms with E-state index >= 15 is 0 Å². The molecule has 148 valence electrons. The topological polar surface area (TPSA) is 79.5 Å². The molecule has 3 rings (SSSR count). The fourth-order valence-electron chi connectivity index (χ4n) is 2.97. The van der Waals surface area contributed by atoms with Crippen LogP contribution < -0.4 is 5.56 Å². The molecular weight excluding hydrogens is 400 g/mol. The van der Waals surface area contributed by atoms with E-state index in [1.54, 1.807) is 6.07 Å². The van der Waals surface area contributed by atoms with Crippen LogP contribution in [0.2, 0.25) is 5.02 Å². The molecule has 1 N–H and O–H groups in total. The molecule has 0 saturated carbocycles. The third-order valence-electron chi connectivity index (χ3n) is 4.51. The van der Waals surface area contributed by atoms with Crippen LogP contribution in [0.15, 0.2) is 58.2 Å². The number of hydrogen-bond acceptors (Lipinski definition) is 4. The van der Waals surface area contributed by atoms with Crippen molar-refractivity contribution in [2.45, 2.75) is 18.4 Å². The highest BCUT2D eigenvalue weighted by atomic mass is 35.5. The first-order chi connectivity index (χ1) is 13.3. The van der Waals surface area contributed by atoms with Gasteiger partial charge >= 0.3 is 0 Å². The van der Waals surface area contributed by atoms with Crippen LogP contribution in [0.25, 0.3) is 10.9 Å². The second-order valence-electron chi connectivity index (χ2n) is 6.45. The fraction of sp³-hybridized carbons (Fsp3) is 0.250. The Bertz CT molecular complexity index is 1140. The molecule has 0 aliphatic carbocycles. The molecule has 3 aromatic rings. The maximum absolute atomic E-state index is 13.1. The number of halogens is 1. The molecule has 2 aromatic carbocycles. The van der Waals surface area contributed by atoms with E-state index < -0.39 is 10.0 Å². The number of sulfonamides is 1. The Morgan fingerprint density at radius 2 is 1.86 bits per heavy atom. The van der Waals surface area contributed by atoms with Crippen molar-refractivity contribution in [2.24, 2.45) is 0 Å². The Kier molecular flexibility index (Phi) is 6.20. The third-order valence-corrected chi connectivity index (χ3v) is 6.62. The highest BCUT2D eigenvalue weighted by Gasteiger charge is 2.25. The van der Waals surface area contributed by atoms with Gasteiger partial charge in [-0.3, -0.25) is 4.79 Å². The molecule has 0 saturated heterocycles. The molecule has 0 radical (unpaired) electrons. The number of hydrogen-bond donors (Lipinski definition) is 1. The number of ether oxygens (including phenoxy) is 1. The van der Waals surface area contributed by atoms with Crippen LogP contribution in [0.4, 0.5) is 0 Å². The summed E-state index contributed by atoms with van der Waals surface area (Å²) in [5, 5.41) is 1.30.